The highest BCUT2D eigenvalue weighted by atomic mass is 16.5. The Balaban J connectivity index is 3.35. The molecule has 0 fully saturated rings. The van der Waals surface area contributed by atoms with E-state index < -0.39 is 12.1 Å². The van der Waals surface area contributed by atoms with Gasteiger partial charge in [0.15, 0.2) is 0 Å². The molecule has 0 radical (unpaired) electrons. The number of carbonyl (C=O) groups excluding carboxylic acids is 2. The molecule has 2 unspecified atom stereocenters. The first-order valence-corrected chi connectivity index (χ1v) is 35.1. The van der Waals surface area contributed by atoms with Gasteiger partial charge in [-0.15, -0.1) is 0 Å². The molecular weight excluding hydrogens is 947 g/mol. The Bertz CT molecular complexity index is 1200. The molecule has 0 spiro atoms. The van der Waals surface area contributed by atoms with Gasteiger partial charge in [-0.05, 0) is 57.8 Å². The van der Waals surface area contributed by atoms with E-state index in [9.17, 15) is 19.8 Å². The van der Waals surface area contributed by atoms with E-state index in [1.165, 1.54) is 308 Å². The molecule has 0 aromatic rings. The molecule has 0 aromatic carbocycles. The molecule has 0 aromatic heterocycles. The minimum atomic E-state index is -0.663. The molecule has 0 heterocycles. The predicted molar refractivity (Wildman–Crippen MR) is 338 cm³/mol. The highest BCUT2D eigenvalue weighted by Crippen LogP contribution is 2.19. The first-order chi connectivity index (χ1) is 38.0. The van der Waals surface area contributed by atoms with Gasteiger partial charge in [-0.2, -0.15) is 0 Å². The molecule has 6 heteroatoms. The third kappa shape index (κ3) is 63.4. The topological polar surface area (TPSA) is 95.9 Å². The standard InChI is InChI=1S/C71H137NO5/c1-3-5-7-9-11-13-15-17-19-31-35-39-43-47-51-55-59-63-69(74)68(67-73)72-70(75)64-60-56-52-48-44-40-36-33-29-27-25-23-21-22-24-26-28-30-34-38-42-46-50-54-58-62-66-77-71(76)65-61-57-53-49-45-41-37-32-20-18-16-14-12-10-8-6-4-2/h12,14,18,20,68-69,73-74H,3-11,13,15-17,19,21-67H2,1-2H3,(H,72,75)/b14-12-,20-18-. The Morgan fingerprint density at radius 1 is 0.364 bits per heavy atom. The lowest BCUT2D eigenvalue weighted by Gasteiger charge is -2.22. The van der Waals surface area contributed by atoms with Crippen molar-refractivity contribution in [2.45, 2.75) is 405 Å². The Kier molecular flexibility index (Phi) is 65.4. The summed E-state index contributed by atoms with van der Waals surface area (Å²) in [7, 11) is 0. The number of aliphatic hydroxyl groups is 2. The molecule has 0 aliphatic heterocycles. The third-order valence-corrected chi connectivity index (χ3v) is 16.5. The summed E-state index contributed by atoms with van der Waals surface area (Å²) < 4.78 is 5.50. The van der Waals surface area contributed by atoms with Gasteiger partial charge in [0, 0.05) is 12.8 Å². The zero-order valence-corrected chi connectivity index (χ0v) is 52.2. The Labute approximate surface area is 481 Å². The molecule has 456 valence electrons. The SMILES string of the molecule is CCCCC/C=C\C/C=C\CCCCCCCCCC(=O)OCCCCCCCCCCCCCCCCCCCCCCCCCCCCC(=O)NC(CO)C(O)CCCCCCCCCCCCCCCCCCC. The lowest BCUT2D eigenvalue weighted by atomic mass is 10.0. The molecule has 0 bridgehead atoms. The van der Waals surface area contributed by atoms with E-state index in [0.717, 1.165) is 51.4 Å². The maximum Gasteiger partial charge on any atom is 0.305 e. The van der Waals surface area contributed by atoms with Gasteiger partial charge in [-0.3, -0.25) is 9.59 Å². The second-order valence-corrected chi connectivity index (χ2v) is 24.2. The number of esters is 1. The maximum absolute atomic E-state index is 12.5. The van der Waals surface area contributed by atoms with Crippen LogP contribution in [0, 0.1) is 0 Å². The Morgan fingerprint density at radius 2 is 0.649 bits per heavy atom. The van der Waals surface area contributed by atoms with Gasteiger partial charge in [-0.1, -0.05) is 346 Å². The number of unbranched alkanes of at least 4 members (excludes halogenated alkanes) is 51. The van der Waals surface area contributed by atoms with Gasteiger partial charge < -0.3 is 20.3 Å². The number of rotatable bonds is 66. The van der Waals surface area contributed by atoms with E-state index in [0.29, 0.717) is 25.9 Å². The summed E-state index contributed by atoms with van der Waals surface area (Å²) in [5.41, 5.74) is 0. The average Bonchev–Trinajstić information content (AvgIpc) is 3.43. The van der Waals surface area contributed by atoms with Gasteiger partial charge in [-0.25, -0.2) is 0 Å². The highest BCUT2D eigenvalue weighted by molar-refractivity contribution is 5.76. The average molecular weight is 1080 g/mol. The summed E-state index contributed by atoms with van der Waals surface area (Å²) in [5.74, 6) is -0.0190. The summed E-state index contributed by atoms with van der Waals surface area (Å²) in [4.78, 5) is 24.6. The number of hydrogen-bond donors (Lipinski definition) is 3. The molecular formula is C71H137NO5. The zero-order chi connectivity index (χ0) is 55.7. The minimum absolute atomic E-state index is 0.0103. The number of amides is 1. The van der Waals surface area contributed by atoms with Gasteiger partial charge in [0.05, 0.1) is 25.4 Å². The summed E-state index contributed by atoms with van der Waals surface area (Å²) in [6.45, 7) is 4.96. The van der Waals surface area contributed by atoms with Crippen LogP contribution in [0.3, 0.4) is 0 Å². The van der Waals surface area contributed by atoms with Crippen molar-refractivity contribution in [3.8, 4) is 0 Å². The van der Waals surface area contributed by atoms with E-state index in [1.54, 1.807) is 0 Å². The number of nitrogens with one attached hydrogen (secondary N) is 1. The first-order valence-electron chi connectivity index (χ1n) is 35.1. The molecule has 77 heavy (non-hydrogen) atoms. The van der Waals surface area contributed by atoms with Crippen molar-refractivity contribution in [2.24, 2.45) is 0 Å². The molecule has 0 saturated heterocycles. The van der Waals surface area contributed by atoms with Gasteiger partial charge in [0.1, 0.15) is 0 Å². The molecule has 0 aliphatic carbocycles. The second kappa shape index (κ2) is 66.8. The lowest BCUT2D eigenvalue weighted by molar-refractivity contribution is -0.143. The van der Waals surface area contributed by atoms with Crippen LogP contribution < -0.4 is 5.32 Å². The number of hydrogen-bond acceptors (Lipinski definition) is 5. The van der Waals surface area contributed by atoms with Crippen molar-refractivity contribution in [1.29, 1.82) is 0 Å². The van der Waals surface area contributed by atoms with E-state index in [-0.39, 0.29) is 18.5 Å². The maximum atomic E-state index is 12.5. The first kappa shape index (κ1) is 75.3. The van der Waals surface area contributed by atoms with E-state index in [2.05, 4.69) is 43.5 Å². The monoisotopic (exact) mass is 1080 g/mol. The van der Waals surface area contributed by atoms with E-state index in [4.69, 9.17) is 4.74 Å². The van der Waals surface area contributed by atoms with Crippen LogP contribution in [0.4, 0.5) is 0 Å². The van der Waals surface area contributed by atoms with Crippen LogP contribution >= 0.6 is 0 Å². The van der Waals surface area contributed by atoms with Gasteiger partial charge in [0.2, 0.25) is 5.91 Å². The van der Waals surface area contributed by atoms with Gasteiger partial charge in [0.25, 0.3) is 0 Å². The summed E-state index contributed by atoms with van der Waals surface area (Å²) >= 11 is 0. The Morgan fingerprint density at radius 3 is 1.01 bits per heavy atom. The summed E-state index contributed by atoms with van der Waals surface area (Å²) in [5, 5.41) is 23.4. The van der Waals surface area contributed by atoms with Crippen LogP contribution in [0.15, 0.2) is 24.3 Å². The van der Waals surface area contributed by atoms with Crippen LogP contribution in [-0.4, -0.2) is 47.4 Å². The molecule has 1 amide bonds. The van der Waals surface area contributed by atoms with Crippen molar-refractivity contribution in [1.82, 2.24) is 5.32 Å². The number of carbonyl (C=O) groups is 2. The fourth-order valence-electron chi connectivity index (χ4n) is 11.1. The molecule has 0 saturated carbocycles. The molecule has 2 atom stereocenters. The smallest absolute Gasteiger partial charge is 0.305 e. The van der Waals surface area contributed by atoms with Gasteiger partial charge >= 0.3 is 5.97 Å². The number of aliphatic hydroxyl groups excluding tert-OH is 2. The van der Waals surface area contributed by atoms with Crippen LogP contribution in [0.2, 0.25) is 0 Å². The number of ether oxygens (including phenoxy) is 1. The molecule has 0 aliphatic rings. The van der Waals surface area contributed by atoms with Crippen molar-refractivity contribution in [3.63, 3.8) is 0 Å². The normalized spacial score (nSPS) is 12.6. The largest absolute Gasteiger partial charge is 0.466 e. The Hall–Kier alpha value is -1.66. The van der Waals surface area contributed by atoms with Crippen LogP contribution in [0.5, 0.6) is 0 Å². The fourth-order valence-corrected chi connectivity index (χ4v) is 11.1. The van der Waals surface area contributed by atoms with Crippen molar-refractivity contribution >= 4 is 11.9 Å². The lowest BCUT2D eigenvalue weighted by Crippen LogP contribution is -2.45. The third-order valence-electron chi connectivity index (χ3n) is 16.5. The molecule has 6 nitrogen and oxygen atoms in total. The molecule has 3 N–H and O–H groups in total. The van der Waals surface area contributed by atoms with Crippen molar-refractivity contribution in [3.05, 3.63) is 24.3 Å². The second-order valence-electron chi connectivity index (χ2n) is 24.2. The van der Waals surface area contributed by atoms with E-state index in [1.807, 2.05) is 0 Å². The van der Waals surface area contributed by atoms with Crippen molar-refractivity contribution < 1.29 is 24.5 Å². The molecule has 0 rings (SSSR count). The van der Waals surface area contributed by atoms with Crippen LogP contribution in [0.1, 0.15) is 393 Å². The van der Waals surface area contributed by atoms with Crippen LogP contribution in [-0.2, 0) is 14.3 Å². The predicted octanol–water partition coefficient (Wildman–Crippen LogP) is 22.5. The summed E-state index contributed by atoms with van der Waals surface area (Å²) in [6, 6.07) is -0.540. The van der Waals surface area contributed by atoms with Crippen molar-refractivity contribution in [2.75, 3.05) is 13.2 Å². The van der Waals surface area contributed by atoms with Crippen LogP contribution in [0.25, 0.3) is 0 Å². The quantitative estimate of drug-likeness (QED) is 0.0320. The fraction of sp³-hybridized carbons (Fsp3) is 0.915. The highest BCUT2D eigenvalue weighted by Gasteiger charge is 2.20. The number of allylic oxidation sites excluding steroid dienone is 4. The van der Waals surface area contributed by atoms with E-state index >= 15 is 0 Å². The minimum Gasteiger partial charge on any atom is -0.466 e. The summed E-state index contributed by atoms with van der Waals surface area (Å²) in [6.07, 6.45) is 83.6. The zero-order valence-electron chi connectivity index (χ0n) is 52.2.